The van der Waals surface area contributed by atoms with Crippen LogP contribution in [0, 0.1) is 11.3 Å². The van der Waals surface area contributed by atoms with Gasteiger partial charge in [-0.2, -0.15) is 5.26 Å². The van der Waals surface area contributed by atoms with Crippen molar-refractivity contribution < 1.29 is 9.59 Å². The van der Waals surface area contributed by atoms with E-state index < -0.39 is 0 Å². The van der Waals surface area contributed by atoms with E-state index in [4.69, 9.17) is 0 Å². The van der Waals surface area contributed by atoms with E-state index in [9.17, 15) is 14.9 Å². The highest BCUT2D eigenvalue weighted by molar-refractivity contribution is 5.97. The second-order valence-electron chi connectivity index (χ2n) is 6.40. The maximum atomic E-state index is 12.6. The number of benzene rings is 1. The lowest BCUT2D eigenvalue weighted by atomic mass is 10.0. The Bertz CT molecular complexity index is 695. The fraction of sp³-hybridized carbons (Fsp3) is 0.421. The molecule has 132 valence electrons. The molecule has 0 aliphatic carbocycles. The first-order chi connectivity index (χ1) is 11.9. The quantitative estimate of drug-likeness (QED) is 0.505. The molecule has 1 aromatic carbocycles. The predicted molar refractivity (Wildman–Crippen MR) is 97.1 cm³/mol. The molecular formula is C19H24N4O2. The molecule has 1 fully saturated rings. The van der Waals surface area contributed by atoms with Crippen LogP contribution in [0.4, 0.5) is 5.69 Å². The van der Waals surface area contributed by atoms with Gasteiger partial charge in [-0.3, -0.25) is 9.59 Å². The molecule has 0 unspecified atom stereocenters. The number of likely N-dealkylation sites (tertiary alicyclic amines) is 1. The van der Waals surface area contributed by atoms with Gasteiger partial charge in [0.25, 0.3) is 5.91 Å². The minimum atomic E-state index is -0.273. The summed E-state index contributed by atoms with van der Waals surface area (Å²) in [6.07, 6.45) is 3.26. The summed E-state index contributed by atoms with van der Waals surface area (Å²) in [5.74, 6) is -0.278. The van der Waals surface area contributed by atoms with Crippen molar-refractivity contribution in [1.82, 2.24) is 9.80 Å². The number of nitrogens with zero attached hydrogens (tertiary/aromatic N) is 3. The van der Waals surface area contributed by atoms with Crippen molar-refractivity contribution in [3.8, 4) is 6.07 Å². The van der Waals surface area contributed by atoms with Crippen LogP contribution in [0.2, 0.25) is 0 Å². The smallest absolute Gasteiger partial charge is 0.266 e. The average molecular weight is 340 g/mol. The lowest BCUT2D eigenvalue weighted by molar-refractivity contribution is -0.128. The Labute approximate surface area is 148 Å². The van der Waals surface area contributed by atoms with Gasteiger partial charge in [-0.1, -0.05) is 0 Å². The Morgan fingerprint density at radius 2 is 1.88 bits per heavy atom. The van der Waals surface area contributed by atoms with Crippen molar-refractivity contribution in [2.24, 2.45) is 0 Å². The minimum absolute atomic E-state index is 0.00487. The number of carbonyl (C=O) groups is 2. The molecule has 6 heteroatoms. The number of likely N-dealkylation sites (N-methyl/N-ethyl adjacent to an activating group) is 1. The maximum absolute atomic E-state index is 12.6. The standard InChI is InChI=1S/C19H24N4O2/c1-14(24)15-4-6-17(7-5-15)21-13-16(12-20)19(25)23(3)18-8-10-22(2)11-9-18/h4-7,13,18,21H,8-11H2,1-3H3/b16-13-. The van der Waals surface area contributed by atoms with Gasteiger partial charge in [0.1, 0.15) is 11.6 Å². The van der Waals surface area contributed by atoms with Gasteiger partial charge in [0.15, 0.2) is 5.78 Å². The van der Waals surface area contributed by atoms with Crippen LogP contribution in [-0.4, -0.2) is 54.7 Å². The van der Waals surface area contributed by atoms with Gasteiger partial charge < -0.3 is 15.1 Å². The molecule has 25 heavy (non-hydrogen) atoms. The van der Waals surface area contributed by atoms with Crippen LogP contribution in [0.25, 0.3) is 0 Å². The normalized spacial score (nSPS) is 16.2. The Hall–Kier alpha value is -2.65. The van der Waals surface area contributed by atoms with Crippen molar-refractivity contribution in [2.45, 2.75) is 25.8 Å². The fourth-order valence-electron chi connectivity index (χ4n) is 2.84. The third-order valence-electron chi connectivity index (χ3n) is 4.58. The molecule has 1 heterocycles. The topological polar surface area (TPSA) is 76.4 Å². The minimum Gasteiger partial charge on any atom is -0.360 e. The number of carbonyl (C=O) groups excluding carboxylic acids is 2. The number of rotatable bonds is 5. The summed E-state index contributed by atoms with van der Waals surface area (Å²) < 4.78 is 0. The summed E-state index contributed by atoms with van der Waals surface area (Å²) in [5, 5.41) is 12.3. The number of hydrogen-bond acceptors (Lipinski definition) is 5. The first kappa shape index (κ1) is 18.7. The first-order valence-corrected chi connectivity index (χ1v) is 8.36. The number of anilines is 1. The number of nitrogens with one attached hydrogen (secondary N) is 1. The van der Waals surface area contributed by atoms with Crippen molar-refractivity contribution in [1.29, 1.82) is 5.26 Å². The summed E-state index contributed by atoms with van der Waals surface area (Å²) in [4.78, 5) is 27.7. The van der Waals surface area contributed by atoms with E-state index in [1.54, 1.807) is 36.2 Å². The van der Waals surface area contributed by atoms with E-state index in [2.05, 4.69) is 17.3 Å². The monoisotopic (exact) mass is 340 g/mol. The summed E-state index contributed by atoms with van der Waals surface area (Å²) in [7, 11) is 3.82. The zero-order valence-electron chi connectivity index (χ0n) is 15.0. The van der Waals surface area contributed by atoms with Gasteiger partial charge in [0.2, 0.25) is 0 Å². The van der Waals surface area contributed by atoms with Crippen molar-refractivity contribution in [3.05, 3.63) is 41.6 Å². The number of piperidine rings is 1. The number of hydrogen-bond donors (Lipinski definition) is 1. The maximum Gasteiger partial charge on any atom is 0.266 e. The molecule has 1 aliphatic heterocycles. The molecule has 2 rings (SSSR count). The van der Waals surface area contributed by atoms with E-state index in [1.165, 1.54) is 13.1 Å². The summed E-state index contributed by atoms with van der Waals surface area (Å²) >= 11 is 0. The SMILES string of the molecule is CC(=O)c1ccc(N/C=C(/C#N)C(=O)N(C)C2CCN(C)CC2)cc1. The highest BCUT2D eigenvalue weighted by Gasteiger charge is 2.25. The molecule has 1 saturated heterocycles. The van der Waals surface area contributed by atoms with Gasteiger partial charge in [0, 0.05) is 30.5 Å². The summed E-state index contributed by atoms with van der Waals surface area (Å²) in [6, 6.07) is 9.03. The van der Waals surface area contributed by atoms with Gasteiger partial charge in [-0.15, -0.1) is 0 Å². The molecule has 0 atom stereocenters. The molecule has 1 amide bonds. The zero-order chi connectivity index (χ0) is 18.4. The molecule has 1 aliphatic rings. The third-order valence-corrected chi connectivity index (χ3v) is 4.58. The van der Waals surface area contributed by atoms with Gasteiger partial charge in [-0.25, -0.2) is 0 Å². The van der Waals surface area contributed by atoms with Crippen molar-refractivity contribution in [3.63, 3.8) is 0 Å². The second kappa shape index (κ2) is 8.45. The average Bonchev–Trinajstić information content (AvgIpc) is 2.62. The Balaban J connectivity index is 2.02. The van der Waals surface area contributed by atoms with Gasteiger partial charge >= 0.3 is 0 Å². The number of Topliss-reactive ketones (excluding diaryl/α,β-unsaturated/α-hetero) is 1. The highest BCUT2D eigenvalue weighted by atomic mass is 16.2. The van der Waals surface area contributed by atoms with E-state index in [-0.39, 0.29) is 23.3 Å². The van der Waals surface area contributed by atoms with Crippen LogP contribution >= 0.6 is 0 Å². The van der Waals surface area contributed by atoms with E-state index >= 15 is 0 Å². The van der Waals surface area contributed by atoms with Gasteiger partial charge in [0.05, 0.1) is 0 Å². The molecule has 0 radical (unpaired) electrons. The van der Waals surface area contributed by atoms with Crippen LogP contribution in [0.5, 0.6) is 0 Å². The van der Waals surface area contributed by atoms with Gasteiger partial charge in [-0.05, 0) is 64.2 Å². The molecule has 0 aromatic heterocycles. The fourth-order valence-corrected chi connectivity index (χ4v) is 2.84. The van der Waals surface area contributed by atoms with Crippen molar-refractivity contribution >= 4 is 17.4 Å². The van der Waals surface area contributed by atoms with Crippen LogP contribution in [0.1, 0.15) is 30.1 Å². The van der Waals surface area contributed by atoms with E-state index in [0.29, 0.717) is 11.3 Å². The first-order valence-electron chi connectivity index (χ1n) is 8.36. The van der Waals surface area contributed by atoms with Crippen molar-refractivity contribution in [2.75, 3.05) is 32.5 Å². The number of amides is 1. The van der Waals surface area contributed by atoms with Crippen LogP contribution in [0.3, 0.4) is 0 Å². The highest BCUT2D eigenvalue weighted by Crippen LogP contribution is 2.16. The zero-order valence-corrected chi connectivity index (χ0v) is 15.0. The third kappa shape index (κ3) is 4.91. The molecular weight excluding hydrogens is 316 g/mol. The van der Waals surface area contributed by atoms with Crippen LogP contribution < -0.4 is 5.32 Å². The molecule has 1 aromatic rings. The predicted octanol–water partition coefficient (Wildman–Crippen LogP) is 2.26. The summed E-state index contributed by atoms with van der Waals surface area (Å²) in [6.45, 7) is 3.41. The van der Waals surface area contributed by atoms with Crippen LogP contribution in [0.15, 0.2) is 36.0 Å². The Morgan fingerprint density at radius 1 is 1.28 bits per heavy atom. The largest absolute Gasteiger partial charge is 0.360 e. The van der Waals surface area contributed by atoms with E-state index in [0.717, 1.165) is 25.9 Å². The lowest BCUT2D eigenvalue weighted by Crippen LogP contribution is -2.44. The molecule has 0 saturated carbocycles. The Morgan fingerprint density at radius 3 is 2.40 bits per heavy atom. The summed E-state index contributed by atoms with van der Waals surface area (Å²) in [5.41, 5.74) is 1.40. The van der Waals surface area contributed by atoms with E-state index in [1.807, 2.05) is 6.07 Å². The number of nitriles is 1. The second-order valence-corrected chi connectivity index (χ2v) is 6.40. The molecule has 6 nitrogen and oxygen atoms in total. The van der Waals surface area contributed by atoms with Crippen LogP contribution in [-0.2, 0) is 4.79 Å². The molecule has 0 bridgehead atoms. The molecule has 1 N–H and O–H groups in total. The Kier molecular flexibility index (Phi) is 6.31. The number of ketones is 1. The lowest BCUT2D eigenvalue weighted by Gasteiger charge is -2.34. The molecule has 0 spiro atoms.